The summed E-state index contributed by atoms with van der Waals surface area (Å²) in [4.78, 5) is 8.97. The molecule has 4 aromatic rings. The van der Waals surface area contributed by atoms with E-state index in [4.69, 9.17) is 17.0 Å². The maximum absolute atomic E-state index is 5.89. The van der Waals surface area contributed by atoms with Crippen LogP contribution in [0, 0.1) is 0 Å². The van der Waals surface area contributed by atoms with Gasteiger partial charge in [0.2, 0.25) is 0 Å². The lowest BCUT2D eigenvalue weighted by atomic mass is 10.0. The van der Waals surface area contributed by atoms with Gasteiger partial charge in [-0.3, -0.25) is 4.98 Å². The summed E-state index contributed by atoms with van der Waals surface area (Å²) in [5.74, 6) is 0.864. The summed E-state index contributed by atoms with van der Waals surface area (Å²) < 4.78 is 7.86. The van der Waals surface area contributed by atoms with Crippen LogP contribution in [0.3, 0.4) is 0 Å². The van der Waals surface area contributed by atoms with Gasteiger partial charge in [-0.25, -0.2) is 0 Å². The highest BCUT2D eigenvalue weighted by atomic mass is 32.1. The summed E-state index contributed by atoms with van der Waals surface area (Å²) in [6.07, 6.45) is 3.92. The molecule has 0 amide bonds. The summed E-state index contributed by atoms with van der Waals surface area (Å²) >= 11 is 5.89. The van der Waals surface area contributed by atoms with Gasteiger partial charge in [0.15, 0.2) is 5.11 Å². The normalized spacial score (nSPS) is 17.3. The molecule has 0 unspecified atom stereocenters. The molecule has 1 aliphatic heterocycles. The SMILES string of the molecule is CCOc1ccc(-n2cccc2[C@@H]2[C@H](c3ccccn3)NC(=S)N2c2ccc(N(C)C)cc2)cc1. The van der Waals surface area contributed by atoms with Crippen molar-refractivity contribution in [3.05, 3.63) is 103 Å². The van der Waals surface area contributed by atoms with Gasteiger partial charge >= 0.3 is 0 Å². The molecule has 1 N–H and O–H groups in total. The fourth-order valence-corrected chi connectivity index (χ4v) is 4.93. The van der Waals surface area contributed by atoms with Gasteiger partial charge in [0, 0.05) is 49.2 Å². The number of ether oxygens (including phenoxy) is 1. The number of rotatable bonds is 7. The molecule has 0 saturated carbocycles. The van der Waals surface area contributed by atoms with E-state index in [1.54, 1.807) is 0 Å². The second kappa shape index (κ2) is 9.80. The molecule has 0 bridgehead atoms. The second-order valence-electron chi connectivity index (χ2n) is 8.64. The summed E-state index contributed by atoms with van der Waals surface area (Å²) in [5, 5.41) is 4.23. The average molecular weight is 484 g/mol. The molecule has 3 heterocycles. The van der Waals surface area contributed by atoms with Gasteiger partial charge in [-0.2, -0.15) is 0 Å². The van der Waals surface area contributed by atoms with Gasteiger partial charge in [0.1, 0.15) is 11.8 Å². The Morgan fingerprint density at radius 3 is 2.34 bits per heavy atom. The lowest BCUT2D eigenvalue weighted by Crippen LogP contribution is -2.30. The zero-order valence-electron chi connectivity index (χ0n) is 20.1. The van der Waals surface area contributed by atoms with Gasteiger partial charge in [0.25, 0.3) is 0 Å². The first kappa shape index (κ1) is 22.9. The van der Waals surface area contributed by atoms with E-state index < -0.39 is 0 Å². The average Bonchev–Trinajstić information content (AvgIpc) is 3.49. The van der Waals surface area contributed by atoms with Crippen LogP contribution < -0.4 is 19.9 Å². The summed E-state index contributed by atoms with van der Waals surface area (Å²) in [7, 11) is 4.08. The highest BCUT2D eigenvalue weighted by molar-refractivity contribution is 7.80. The monoisotopic (exact) mass is 483 g/mol. The predicted molar refractivity (Wildman–Crippen MR) is 146 cm³/mol. The highest BCUT2D eigenvalue weighted by Gasteiger charge is 2.42. The molecular formula is C28H29N5OS. The fourth-order valence-electron chi connectivity index (χ4n) is 4.58. The van der Waals surface area contributed by atoms with Crippen molar-refractivity contribution in [3.63, 3.8) is 0 Å². The van der Waals surface area contributed by atoms with E-state index >= 15 is 0 Å². The Morgan fingerprint density at radius 1 is 0.943 bits per heavy atom. The number of hydrogen-bond donors (Lipinski definition) is 1. The molecule has 35 heavy (non-hydrogen) atoms. The lowest BCUT2D eigenvalue weighted by molar-refractivity contribution is 0.340. The van der Waals surface area contributed by atoms with Crippen molar-refractivity contribution in [2.24, 2.45) is 0 Å². The molecule has 6 nitrogen and oxygen atoms in total. The third-order valence-electron chi connectivity index (χ3n) is 6.25. The first-order valence-corrected chi connectivity index (χ1v) is 12.2. The van der Waals surface area contributed by atoms with E-state index in [1.807, 2.05) is 51.5 Å². The molecule has 0 radical (unpaired) electrons. The van der Waals surface area contributed by atoms with E-state index in [9.17, 15) is 0 Å². The van der Waals surface area contributed by atoms with Crippen molar-refractivity contribution in [2.45, 2.75) is 19.0 Å². The van der Waals surface area contributed by atoms with Gasteiger partial charge in [-0.15, -0.1) is 0 Å². The molecule has 7 heteroatoms. The van der Waals surface area contributed by atoms with Crippen molar-refractivity contribution in [1.82, 2.24) is 14.9 Å². The number of nitrogens with one attached hydrogen (secondary N) is 1. The van der Waals surface area contributed by atoms with E-state index in [0.29, 0.717) is 11.7 Å². The highest BCUT2D eigenvalue weighted by Crippen LogP contribution is 2.42. The van der Waals surface area contributed by atoms with Crippen LogP contribution in [0.5, 0.6) is 5.75 Å². The number of anilines is 2. The minimum Gasteiger partial charge on any atom is -0.494 e. The topological polar surface area (TPSA) is 45.6 Å². The van der Waals surface area contributed by atoms with Crippen LogP contribution in [0.1, 0.15) is 30.4 Å². The number of nitrogens with zero attached hydrogens (tertiary/aromatic N) is 4. The van der Waals surface area contributed by atoms with Crippen molar-refractivity contribution in [3.8, 4) is 11.4 Å². The number of aromatic nitrogens is 2. The molecule has 1 aliphatic rings. The molecule has 1 fully saturated rings. The molecule has 2 aromatic heterocycles. The molecule has 2 atom stereocenters. The summed E-state index contributed by atoms with van der Waals surface area (Å²) in [5.41, 5.74) is 5.31. The molecular weight excluding hydrogens is 454 g/mol. The zero-order chi connectivity index (χ0) is 24.4. The first-order valence-electron chi connectivity index (χ1n) is 11.8. The Balaban J connectivity index is 1.60. The van der Waals surface area contributed by atoms with E-state index in [1.165, 1.54) is 0 Å². The number of pyridine rings is 1. The molecule has 0 aliphatic carbocycles. The molecule has 0 spiro atoms. The molecule has 2 aromatic carbocycles. The zero-order valence-corrected chi connectivity index (χ0v) is 20.9. The Labute approximate surface area is 211 Å². The first-order chi connectivity index (χ1) is 17.1. The quantitative estimate of drug-likeness (QED) is 0.350. The largest absolute Gasteiger partial charge is 0.494 e. The van der Waals surface area contributed by atoms with Crippen LogP contribution in [0.4, 0.5) is 11.4 Å². The van der Waals surface area contributed by atoms with Gasteiger partial charge in [-0.1, -0.05) is 6.07 Å². The van der Waals surface area contributed by atoms with Crippen molar-refractivity contribution in [2.75, 3.05) is 30.5 Å². The minimum atomic E-state index is -0.103. The van der Waals surface area contributed by atoms with E-state index in [2.05, 4.69) is 85.5 Å². The van der Waals surface area contributed by atoms with E-state index in [-0.39, 0.29) is 12.1 Å². The van der Waals surface area contributed by atoms with Gasteiger partial charge in [0.05, 0.1) is 18.3 Å². The second-order valence-corrected chi connectivity index (χ2v) is 9.02. The lowest BCUT2D eigenvalue weighted by Gasteiger charge is -2.29. The molecule has 1 saturated heterocycles. The minimum absolute atomic E-state index is 0.0934. The smallest absolute Gasteiger partial charge is 0.174 e. The number of thiocarbonyl (C=S) groups is 1. The van der Waals surface area contributed by atoms with E-state index in [0.717, 1.165) is 34.2 Å². The van der Waals surface area contributed by atoms with Gasteiger partial charge < -0.3 is 24.4 Å². The predicted octanol–water partition coefficient (Wildman–Crippen LogP) is 5.51. The van der Waals surface area contributed by atoms with Crippen molar-refractivity contribution in [1.29, 1.82) is 0 Å². The number of hydrogen-bond acceptors (Lipinski definition) is 4. The summed E-state index contributed by atoms with van der Waals surface area (Å²) in [6.45, 7) is 2.64. The Morgan fingerprint density at radius 2 is 1.69 bits per heavy atom. The Bertz CT molecular complexity index is 1290. The van der Waals surface area contributed by atoms with Crippen LogP contribution >= 0.6 is 12.2 Å². The maximum Gasteiger partial charge on any atom is 0.174 e. The van der Waals surface area contributed by atoms with Gasteiger partial charge in [-0.05, 0) is 91.9 Å². The number of benzene rings is 2. The van der Waals surface area contributed by atoms with Crippen LogP contribution in [0.25, 0.3) is 5.69 Å². The molecule has 5 rings (SSSR count). The van der Waals surface area contributed by atoms with Crippen LogP contribution in [-0.4, -0.2) is 35.4 Å². The van der Waals surface area contributed by atoms with Crippen LogP contribution in [0.15, 0.2) is 91.3 Å². The van der Waals surface area contributed by atoms with Crippen molar-refractivity contribution < 1.29 is 4.74 Å². The fraction of sp³-hybridized carbons (Fsp3) is 0.214. The Hall–Kier alpha value is -3.84. The third kappa shape index (κ3) is 4.47. The summed E-state index contributed by atoms with van der Waals surface area (Å²) in [6, 6.07) is 26.7. The standard InChI is InChI=1S/C28H29N5OS/c1-4-34-23-16-14-21(15-17-23)32-19-7-9-25(32)27-26(24-8-5-6-18-29-24)30-28(35)33(27)22-12-10-20(11-13-22)31(2)3/h5-19,26-27H,4H2,1-3H3,(H,30,35)/t26-,27+/m0/s1. The van der Waals surface area contributed by atoms with Crippen LogP contribution in [-0.2, 0) is 0 Å². The maximum atomic E-state index is 5.89. The van der Waals surface area contributed by atoms with Crippen molar-refractivity contribution >= 4 is 28.7 Å². The van der Waals surface area contributed by atoms with Crippen LogP contribution in [0.2, 0.25) is 0 Å². The Kier molecular flexibility index (Phi) is 6.42. The third-order valence-corrected chi connectivity index (χ3v) is 6.57. The molecule has 178 valence electrons.